The first-order chi connectivity index (χ1) is 11.2. The molecule has 3 rings (SSSR count). The van der Waals surface area contributed by atoms with E-state index in [9.17, 15) is 0 Å². The van der Waals surface area contributed by atoms with Crippen molar-refractivity contribution in [3.63, 3.8) is 0 Å². The van der Waals surface area contributed by atoms with E-state index in [1.165, 1.54) is 41.3 Å². The van der Waals surface area contributed by atoms with E-state index >= 15 is 0 Å². The molecule has 1 heterocycles. The molecule has 0 bridgehead atoms. The molecule has 4 nitrogen and oxygen atoms in total. The van der Waals surface area contributed by atoms with E-state index in [-0.39, 0.29) is 24.0 Å². The van der Waals surface area contributed by atoms with Crippen molar-refractivity contribution in [1.29, 1.82) is 0 Å². The number of guanidine groups is 1. The van der Waals surface area contributed by atoms with Crippen LogP contribution in [0.25, 0.3) is 10.9 Å². The summed E-state index contributed by atoms with van der Waals surface area (Å²) in [7, 11) is 1.85. The maximum absolute atomic E-state index is 4.35. The molecule has 24 heavy (non-hydrogen) atoms. The lowest BCUT2D eigenvalue weighted by Crippen LogP contribution is -2.40. The number of halogens is 1. The number of aliphatic imine (C=N–C) groups is 1. The monoisotopic (exact) mass is 440 g/mol. The van der Waals surface area contributed by atoms with Gasteiger partial charge in [0.2, 0.25) is 0 Å². The first-order valence-corrected chi connectivity index (χ1v) is 8.75. The summed E-state index contributed by atoms with van der Waals surface area (Å²) in [4.78, 5) is 7.72. The first-order valence-electron chi connectivity index (χ1n) is 8.75. The highest BCUT2D eigenvalue weighted by molar-refractivity contribution is 14.0. The summed E-state index contributed by atoms with van der Waals surface area (Å²) in [6.45, 7) is 5.33. The molecule has 0 saturated heterocycles. The SMILES string of the molecule is CCCC1CC1NC(=NC)NCCc1c[nH]c2cccc(C)c12.I. The molecule has 3 N–H and O–H groups in total. The van der Waals surface area contributed by atoms with Gasteiger partial charge in [-0.2, -0.15) is 0 Å². The number of hydrogen-bond acceptors (Lipinski definition) is 1. The fourth-order valence-electron chi connectivity index (χ4n) is 3.45. The molecule has 0 spiro atoms. The topological polar surface area (TPSA) is 52.2 Å². The van der Waals surface area contributed by atoms with Gasteiger partial charge in [0.15, 0.2) is 5.96 Å². The van der Waals surface area contributed by atoms with Crippen LogP contribution in [-0.2, 0) is 6.42 Å². The maximum atomic E-state index is 4.35. The number of nitrogens with zero attached hydrogens (tertiary/aromatic N) is 1. The van der Waals surface area contributed by atoms with Crippen LogP contribution in [0.1, 0.15) is 37.3 Å². The maximum Gasteiger partial charge on any atom is 0.191 e. The number of rotatable bonds is 6. The van der Waals surface area contributed by atoms with Crippen LogP contribution < -0.4 is 10.6 Å². The van der Waals surface area contributed by atoms with Gasteiger partial charge >= 0.3 is 0 Å². The third kappa shape index (κ3) is 4.43. The largest absolute Gasteiger partial charge is 0.361 e. The predicted octanol–water partition coefficient (Wildman–Crippen LogP) is 3.99. The Morgan fingerprint density at radius 3 is 2.96 bits per heavy atom. The average molecular weight is 440 g/mol. The van der Waals surface area contributed by atoms with E-state index in [1.54, 1.807) is 0 Å². The van der Waals surface area contributed by atoms with Crippen molar-refractivity contribution in [2.24, 2.45) is 10.9 Å². The van der Waals surface area contributed by atoms with Crippen LogP contribution >= 0.6 is 24.0 Å². The number of nitrogens with one attached hydrogen (secondary N) is 3. The average Bonchev–Trinajstić information content (AvgIpc) is 3.13. The minimum absolute atomic E-state index is 0. The van der Waals surface area contributed by atoms with Crippen molar-refractivity contribution in [3.05, 3.63) is 35.5 Å². The van der Waals surface area contributed by atoms with E-state index in [0.717, 1.165) is 24.8 Å². The van der Waals surface area contributed by atoms with E-state index in [2.05, 4.69) is 58.9 Å². The van der Waals surface area contributed by atoms with Gasteiger partial charge in [-0.1, -0.05) is 25.5 Å². The van der Waals surface area contributed by atoms with Gasteiger partial charge in [0.25, 0.3) is 0 Å². The van der Waals surface area contributed by atoms with E-state index in [4.69, 9.17) is 0 Å². The third-order valence-electron chi connectivity index (χ3n) is 4.81. The first kappa shape index (κ1) is 19.1. The zero-order valence-electron chi connectivity index (χ0n) is 14.9. The highest BCUT2D eigenvalue weighted by atomic mass is 127. The summed E-state index contributed by atoms with van der Waals surface area (Å²) in [6.07, 6.45) is 7.01. The summed E-state index contributed by atoms with van der Waals surface area (Å²) >= 11 is 0. The summed E-state index contributed by atoms with van der Waals surface area (Å²) in [6, 6.07) is 7.04. The van der Waals surface area contributed by atoms with Gasteiger partial charge in [-0.3, -0.25) is 4.99 Å². The molecular weight excluding hydrogens is 411 g/mol. The molecule has 2 atom stereocenters. The number of aromatic nitrogens is 1. The summed E-state index contributed by atoms with van der Waals surface area (Å²) < 4.78 is 0. The molecule has 1 aliphatic carbocycles. The Morgan fingerprint density at radius 2 is 2.21 bits per heavy atom. The van der Waals surface area contributed by atoms with Gasteiger partial charge in [0.1, 0.15) is 0 Å². The van der Waals surface area contributed by atoms with Crippen molar-refractivity contribution in [2.75, 3.05) is 13.6 Å². The van der Waals surface area contributed by atoms with Crippen LogP contribution in [0.5, 0.6) is 0 Å². The van der Waals surface area contributed by atoms with Gasteiger partial charge in [0, 0.05) is 36.7 Å². The normalized spacial score (nSPS) is 19.9. The van der Waals surface area contributed by atoms with Crippen molar-refractivity contribution in [2.45, 2.75) is 45.6 Å². The van der Waals surface area contributed by atoms with Crippen LogP contribution in [0.4, 0.5) is 0 Å². The smallest absolute Gasteiger partial charge is 0.191 e. The van der Waals surface area contributed by atoms with E-state index in [1.807, 2.05) is 7.05 Å². The molecule has 5 heteroatoms. The van der Waals surface area contributed by atoms with Crippen LogP contribution in [0.15, 0.2) is 29.4 Å². The molecule has 1 aromatic carbocycles. The van der Waals surface area contributed by atoms with Crippen molar-refractivity contribution in [1.82, 2.24) is 15.6 Å². The zero-order chi connectivity index (χ0) is 16.2. The molecular formula is C19H29IN4. The van der Waals surface area contributed by atoms with Gasteiger partial charge in [-0.25, -0.2) is 0 Å². The second-order valence-corrected chi connectivity index (χ2v) is 6.60. The lowest BCUT2D eigenvalue weighted by atomic mass is 10.1. The standard InChI is InChI=1S/C19H28N4.HI/c1-4-6-14-11-17(14)23-19(20-3)21-10-9-15-12-22-16-8-5-7-13(2)18(15)16;/h5,7-8,12,14,17,22H,4,6,9-11H2,1-3H3,(H2,20,21,23);1H. The number of H-pyrrole nitrogens is 1. The zero-order valence-corrected chi connectivity index (χ0v) is 17.2. The molecule has 0 aliphatic heterocycles. The molecule has 1 saturated carbocycles. The van der Waals surface area contributed by atoms with Crippen LogP contribution in [0.2, 0.25) is 0 Å². The number of benzene rings is 1. The minimum Gasteiger partial charge on any atom is -0.361 e. The fraction of sp³-hybridized carbons (Fsp3) is 0.526. The second kappa shape index (κ2) is 8.74. The Kier molecular flexibility index (Phi) is 6.95. The van der Waals surface area contributed by atoms with Crippen molar-refractivity contribution >= 4 is 40.8 Å². The molecule has 1 aliphatic rings. The van der Waals surface area contributed by atoms with E-state index < -0.39 is 0 Å². The lowest BCUT2D eigenvalue weighted by Gasteiger charge is -2.11. The number of fused-ring (bicyclic) bond motifs is 1. The van der Waals surface area contributed by atoms with Gasteiger partial charge in [-0.15, -0.1) is 24.0 Å². The lowest BCUT2D eigenvalue weighted by molar-refractivity contribution is 0.655. The predicted molar refractivity (Wildman–Crippen MR) is 113 cm³/mol. The number of hydrogen-bond donors (Lipinski definition) is 3. The second-order valence-electron chi connectivity index (χ2n) is 6.60. The molecule has 2 unspecified atom stereocenters. The number of aryl methyl sites for hydroxylation is 1. The van der Waals surface area contributed by atoms with E-state index in [0.29, 0.717) is 6.04 Å². The minimum atomic E-state index is 0. The highest BCUT2D eigenvalue weighted by Gasteiger charge is 2.36. The summed E-state index contributed by atoms with van der Waals surface area (Å²) in [5.41, 5.74) is 3.93. The summed E-state index contributed by atoms with van der Waals surface area (Å²) in [5, 5.41) is 8.35. The Bertz CT molecular complexity index is 692. The molecule has 1 fully saturated rings. The van der Waals surface area contributed by atoms with Gasteiger partial charge < -0.3 is 15.6 Å². The molecule has 0 radical (unpaired) electrons. The Labute approximate surface area is 161 Å². The molecule has 0 amide bonds. The van der Waals surface area contributed by atoms with Crippen LogP contribution in [-0.4, -0.2) is 30.6 Å². The van der Waals surface area contributed by atoms with Crippen molar-refractivity contribution in [3.8, 4) is 0 Å². The Hall–Kier alpha value is -1.24. The Balaban J connectivity index is 0.00000208. The fourth-order valence-corrected chi connectivity index (χ4v) is 3.45. The molecule has 1 aromatic heterocycles. The van der Waals surface area contributed by atoms with Crippen LogP contribution in [0.3, 0.4) is 0 Å². The van der Waals surface area contributed by atoms with Crippen LogP contribution in [0, 0.1) is 12.8 Å². The quantitative estimate of drug-likeness (QED) is 0.362. The molecule has 132 valence electrons. The summed E-state index contributed by atoms with van der Waals surface area (Å²) in [5.74, 6) is 1.78. The van der Waals surface area contributed by atoms with Gasteiger partial charge in [-0.05, 0) is 49.3 Å². The molecule has 2 aromatic rings. The number of aromatic amines is 1. The third-order valence-corrected chi connectivity index (χ3v) is 4.81. The Morgan fingerprint density at radius 1 is 1.38 bits per heavy atom. The van der Waals surface area contributed by atoms with Gasteiger partial charge in [0.05, 0.1) is 0 Å². The van der Waals surface area contributed by atoms with Crippen molar-refractivity contribution < 1.29 is 0 Å². The highest BCUT2D eigenvalue weighted by Crippen LogP contribution is 2.34.